The van der Waals surface area contributed by atoms with Crippen LogP contribution < -0.4 is 9.47 Å². The monoisotopic (exact) mass is 445 g/mol. The molecule has 0 spiro atoms. The quantitative estimate of drug-likeness (QED) is 0.432. The maximum atomic E-state index is 13.9. The minimum absolute atomic E-state index is 0.112. The Kier molecular flexibility index (Phi) is 7.88. The molecule has 0 aliphatic heterocycles. The number of nitrogens with zero attached hydrogens (tertiary/aromatic N) is 3. The standard InChI is InChI=1S/C22H24FN3O4S/c1-4-26(12-16-8-9-19(28-3)18(23)11-16)21(27)14-31-22-25-24-20(30-22)13-29-17-7-5-6-15(2)10-17/h5-11H,4,12-14H2,1-3H3. The molecule has 0 aliphatic carbocycles. The van der Waals surface area contributed by atoms with E-state index in [1.165, 1.54) is 13.2 Å². The van der Waals surface area contributed by atoms with Gasteiger partial charge in [0, 0.05) is 13.1 Å². The Balaban J connectivity index is 1.50. The van der Waals surface area contributed by atoms with Crippen molar-refractivity contribution < 1.29 is 23.1 Å². The third-order valence-corrected chi connectivity index (χ3v) is 5.25. The average Bonchev–Trinajstić information content (AvgIpc) is 3.22. The lowest BCUT2D eigenvalue weighted by atomic mass is 10.2. The van der Waals surface area contributed by atoms with Crippen LogP contribution in [0.5, 0.6) is 11.5 Å². The second kappa shape index (κ2) is 10.8. The first-order valence-electron chi connectivity index (χ1n) is 9.73. The Labute approximate surface area is 184 Å². The minimum Gasteiger partial charge on any atom is -0.494 e. The number of hydrogen-bond donors (Lipinski definition) is 0. The van der Waals surface area contributed by atoms with Crippen molar-refractivity contribution in [1.82, 2.24) is 15.1 Å². The van der Waals surface area contributed by atoms with Gasteiger partial charge in [-0.25, -0.2) is 4.39 Å². The molecule has 1 aromatic heterocycles. The number of aryl methyl sites for hydroxylation is 1. The summed E-state index contributed by atoms with van der Waals surface area (Å²) in [4.78, 5) is 14.2. The molecular weight excluding hydrogens is 421 g/mol. The summed E-state index contributed by atoms with van der Waals surface area (Å²) < 4.78 is 30.0. The van der Waals surface area contributed by atoms with Crippen LogP contribution in [-0.2, 0) is 17.9 Å². The Bertz CT molecular complexity index is 1030. The number of amides is 1. The van der Waals surface area contributed by atoms with Gasteiger partial charge >= 0.3 is 0 Å². The van der Waals surface area contributed by atoms with Crippen molar-refractivity contribution in [1.29, 1.82) is 0 Å². The van der Waals surface area contributed by atoms with Crippen molar-refractivity contribution in [3.63, 3.8) is 0 Å². The van der Waals surface area contributed by atoms with Crippen LogP contribution in [0, 0.1) is 12.7 Å². The van der Waals surface area contributed by atoms with E-state index in [2.05, 4.69) is 10.2 Å². The molecule has 2 aromatic carbocycles. The number of benzene rings is 2. The fourth-order valence-electron chi connectivity index (χ4n) is 2.82. The summed E-state index contributed by atoms with van der Waals surface area (Å²) in [7, 11) is 1.41. The van der Waals surface area contributed by atoms with Crippen LogP contribution in [-0.4, -0.2) is 40.4 Å². The van der Waals surface area contributed by atoms with Crippen LogP contribution in [0.1, 0.15) is 23.9 Å². The van der Waals surface area contributed by atoms with E-state index in [1.807, 2.05) is 38.1 Å². The smallest absolute Gasteiger partial charge is 0.277 e. The van der Waals surface area contributed by atoms with Gasteiger partial charge in [-0.2, -0.15) is 0 Å². The molecule has 0 saturated heterocycles. The molecule has 0 bridgehead atoms. The lowest BCUT2D eigenvalue weighted by Gasteiger charge is -2.20. The summed E-state index contributed by atoms with van der Waals surface area (Å²) >= 11 is 1.16. The van der Waals surface area contributed by atoms with Crippen LogP contribution in [0.3, 0.4) is 0 Å². The summed E-state index contributed by atoms with van der Waals surface area (Å²) in [6.45, 7) is 4.80. The van der Waals surface area contributed by atoms with E-state index in [-0.39, 0.29) is 24.0 Å². The van der Waals surface area contributed by atoms with E-state index in [1.54, 1.807) is 17.0 Å². The van der Waals surface area contributed by atoms with Gasteiger partial charge in [0.1, 0.15) is 5.75 Å². The van der Waals surface area contributed by atoms with Gasteiger partial charge in [0.25, 0.3) is 11.1 Å². The number of hydrogen-bond acceptors (Lipinski definition) is 7. The van der Waals surface area contributed by atoms with Crippen LogP contribution in [0.15, 0.2) is 52.1 Å². The summed E-state index contributed by atoms with van der Waals surface area (Å²) in [6, 6.07) is 12.3. The predicted molar refractivity (Wildman–Crippen MR) is 115 cm³/mol. The molecule has 0 radical (unpaired) electrons. The first kappa shape index (κ1) is 22.6. The fraction of sp³-hybridized carbons (Fsp3) is 0.318. The van der Waals surface area contributed by atoms with E-state index in [4.69, 9.17) is 13.9 Å². The van der Waals surface area contributed by atoms with E-state index < -0.39 is 5.82 Å². The molecule has 7 nitrogen and oxygen atoms in total. The van der Waals surface area contributed by atoms with Crippen LogP contribution in [0.25, 0.3) is 0 Å². The van der Waals surface area contributed by atoms with Crippen LogP contribution >= 0.6 is 11.8 Å². The Morgan fingerprint density at radius 3 is 2.77 bits per heavy atom. The Morgan fingerprint density at radius 2 is 2.06 bits per heavy atom. The number of rotatable bonds is 10. The highest BCUT2D eigenvalue weighted by atomic mass is 32.2. The SMILES string of the molecule is CCN(Cc1ccc(OC)c(F)c1)C(=O)CSc1nnc(COc2cccc(C)c2)o1. The van der Waals surface area contributed by atoms with Gasteiger partial charge in [-0.15, -0.1) is 10.2 Å². The number of ether oxygens (including phenoxy) is 2. The highest BCUT2D eigenvalue weighted by Gasteiger charge is 2.16. The Hall–Kier alpha value is -3.07. The molecule has 0 fully saturated rings. The number of halogens is 1. The largest absolute Gasteiger partial charge is 0.494 e. The minimum atomic E-state index is -0.454. The molecule has 0 atom stereocenters. The lowest BCUT2D eigenvalue weighted by Crippen LogP contribution is -2.31. The van der Waals surface area contributed by atoms with Crippen molar-refractivity contribution >= 4 is 17.7 Å². The van der Waals surface area contributed by atoms with Gasteiger partial charge in [0.2, 0.25) is 5.91 Å². The highest BCUT2D eigenvalue weighted by Crippen LogP contribution is 2.21. The molecule has 164 valence electrons. The van der Waals surface area contributed by atoms with Gasteiger partial charge in [-0.1, -0.05) is 30.0 Å². The molecule has 1 amide bonds. The second-order valence-electron chi connectivity index (χ2n) is 6.73. The van der Waals surface area contributed by atoms with Crippen molar-refractivity contribution in [2.45, 2.75) is 32.2 Å². The number of carbonyl (C=O) groups is 1. The van der Waals surface area contributed by atoms with Crippen molar-refractivity contribution in [2.75, 3.05) is 19.4 Å². The van der Waals surface area contributed by atoms with E-state index in [0.717, 1.165) is 23.1 Å². The Morgan fingerprint density at radius 1 is 1.23 bits per heavy atom. The predicted octanol–water partition coefficient (Wildman–Crippen LogP) is 4.25. The topological polar surface area (TPSA) is 77.7 Å². The van der Waals surface area contributed by atoms with E-state index >= 15 is 0 Å². The lowest BCUT2D eigenvalue weighted by molar-refractivity contribution is -0.128. The summed E-state index contributed by atoms with van der Waals surface area (Å²) in [5.74, 6) is 0.789. The molecule has 0 saturated carbocycles. The maximum absolute atomic E-state index is 13.9. The molecule has 0 unspecified atom stereocenters. The fourth-order valence-corrected chi connectivity index (χ4v) is 3.51. The van der Waals surface area contributed by atoms with Crippen molar-refractivity contribution in [3.05, 3.63) is 65.3 Å². The third-order valence-electron chi connectivity index (χ3n) is 4.44. The molecule has 9 heteroatoms. The van der Waals surface area contributed by atoms with Crippen LogP contribution in [0.2, 0.25) is 0 Å². The molecular formula is C22H24FN3O4S. The molecule has 0 N–H and O–H groups in total. The first-order chi connectivity index (χ1) is 15.0. The summed E-state index contributed by atoms with van der Waals surface area (Å²) in [5, 5.41) is 8.19. The zero-order chi connectivity index (χ0) is 22.2. The van der Waals surface area contributed by atoms with E-state index in [9.17, 15) is 9.18 Å². The first-order valence-corrected chi connectivity index (χ1v) is 10.7. The molecule has 1 heterocycles. The molecule has 0 aliphatic rings. The average molecular weight is 446 g/mol. The molecule has 31 heavy (non-hydrogen) atoms. The zero-order valence-corrected chi connectivity index (χ0v) is 18.4. The number of carbonyl (C=O) groups excluding carboxylic acids is 1. The van der Waals surface area contributed by atoms with Crippen LogP contribution in [0.4, 0.5) is 4.39 Å². The number of thioether (sulfide) groups is 1. The number of methoxy groups -OCH3 is 1. The van der Waals surface area contributed by atoms with Gasteiger partial charge < -0.3 is 18.8 Å². The van der Waals surface area contributed by atoms with E-state index in [0.29, 0.717) is 29.8 Å². The van der Waals surface area contributed by atoms with Crippen molar-refractivity contribution in [3.8, 4) is 11.5 Å². The zero-order valence-electron chi connectivity index (χ0n) is 17.6. The normalized spacial score (nSPS) is 10.7. The van der Waals surface area contributed by atoms with Gasteiger partial charge in [0.05, 0.1) is 12.9 Å². The summed E-state index contributed by atoms with van der Waals surface area (Å²) in [6.07, 6.45) is 0. The molecule has 3 rings (SSSR count). The van der Waals surface area contributed by atoms with Gasteiger partial charge in [-0.3, -0.25) is 4.79 Å². The third kappa shape index (κ3) is 6.45. The van der Waals surface area contributed by atoms with Gasteiger partial charge in [-0.05, 0) is 49.2 Å². The maximum Gasteiger partial charge on any atom is 0.277 e. The second-order valence-corrected chi connectivity index (χ2v) is 7.66. The number of aromatic nitrogens is 2. The van der Waals surface area contributed by atoms with Crippen molar-refractivity contribution in [2.24, 2.45) is 0 Å². The van der Waals surface area contributed by atoms with Gasteiger partial charge in [0.15, 0.2) is 18.2 Å². The summed E-state index contributed by atoms with van der Waals surface area (Å²) in [5.41, 5.74) is 1.78. The molecule has 3 aromatic rings. The highest BCUT2D eigenvalue weighted by molar-refractivity contribution is 7.99.